The smallest absolute Gasteiger partial charge is 0.273 e. The van der Waals surface area contributed by atoms with Gasteiger partial charge in [-0.2, -0.15) is 0 Å². The molecule has 84 valence electrons. The summed E-state index contributed by atoms with van der Waals surface area (Å²) in [6.45, 7) is 0. The van der Waals surface area contributed by atoms with E-state index in [4.69, 9.17) is 12.2 Å². The summed E-state index contributed by atoms with van der Waals surface area (Å²) in [6.07, 6.45) is 3.65. The monoisotopic (exact) mass is 243 g/mol. The summed E-state index contributed by atoms with van der Waals surface area (Å²) in [6, 6.07) is 7.92. The zero-order valence-corrected chi connectivity index (χ0v) is 9.60. The fourth-order valence-electron chi connectivity index (χ4n) is 1.85. The molecule has 2 heterocycles. The molecule has 1 aromatic heterocycles. The van der Waals surface area contributed by atoms with Crippen molar-refractivity contribution in [1.29, 1.82) is 0 Å². The van der Waals surface area contributed by atoms with Crippen molar-refractivity contribution in [2.45, 2.75) is 0 Å². The Kier molecular flexibility index (Phi) is 2.19. The van der Waals surface area contributed by atoms with Crippen LogP contribution in [0.25, 0.3) is 17.0 Å². The quantitative estimate of drug-likeness (QED) is 0.525. The average Bonchev–Trinajstić information content (AvgIpc) is 2.85. The van der Waals surface area contributed by atoms with Gasteiger partial charge in [-0.25, -0.2) is 0 Å². The third-order valence-corrected chi connectivity index (χ3v) is 2.85. The van der Waals surface area contributed by atoms with E-state index < -0.39 is 0 Å². The predicted molar refractivity (Wildman–Crippen MR) is 70.2 cm³/mol. The van der Waals surface area contributed by atoms with E-state index in [0.717, 1.165) is 16.5 Å². The maximum absolute atomic E-state index is 11.5. The number of thiocarbonyl (C=S) groups is 1. The molecule has 1 aromatic carbocycles. The zero-order chi connectivity index (χ0) is 11.8. The van der Waals surface area contributed by atoms with Crippen LogP contribution in [0.1, 0.15) is 5.56 Å². The largest absolute Gasteiger partial charge is 0.361 e. The number of aromatic amines is 1. The number of benzene rings is 1. The summed E-state index contributed by atoms with van der Waals surface area (Å²) in [5.74, 6) is -0.194. The van der Waals surface area contributed by atoms with Crippen molar-refractivity contribution in [1.82, 2.24) is 15.6 Å². The van der Waals surface area contributed by atoms with Crippen molar-refractivity contribution in [2.75, 3.05) is 0 Å². The van der Waals surface area contributed by atoms with Crippen LogP contribution in [-0.4, -0.2) is 16.0 Å². The molecule has 0 saturated carbocycles. The molecule has 0 bridgehead atoms. The Bertz CT molecular complexity index is 657. The number of para-hydroxylation sites is 1. The predicted octanol–water partition coefficient (Wildman–Crippen LogP) is 1.51. The van der Waals surface area contributed by atoms with E-state index in [0.29, 0.717) is 10.8 Å². The van der Waals surface area contributed by atoms with Gasteiger partial charge >= 0.3 is 0 Å². The number of fused-ring (bicyclic) bond motifs is 1. The molecule has 1 aliphatic rings. The van der Waals surface area contributed by atoms with E-state index in [9.17, 15) is 4.79 Å². The number of hydrogen-bond acceptors (Lipinski definition) is 2. The summed E-state index contributed by atoms with van der Waals surface area (Å²) in [4.78, 5) is 14.7. The van der Waals surface area contributed by atoms with Gasteiger partial charge in [0.15, 0.2) is 5.11 Å². The molecule has 17 heavy (non-hydrogen) atoms. The molecular formula is C12H9N3OS. The molecule has 1 fully saturated rings. The van der Waals surface area contributed by atoms with E-state index in [1.54, 1.807) is 6.08 Å². The third-order valence-electron chi connectivity index (χ3n) is 2.64. The molecule has 1 saturated heterocycles. The molecule has 1 amide bonds. The SMILES string of the molecule is O=C1NC(=S)N/C1=C\c1c[nH]c2ccccc12. The molecule has 0 atom stereocenters. The van der Waals surface area contributed by atoms with E-state index in [1.165, 1.54) is 0 Å². The Morgan fingerprint density at radius 3 is 2.76 bits per heavy atom. The second-order valence-electron chi connectivity index (χ2n) is 3.76. The highest BCUT2D eigenvalue weighted by Crippen LogP contribution is 2.20. The first-order valence-corrected chi connectivity index (χ1v) is 5.55. The van der Waals surface area contributed by atoms with E-state index in [-0.39, 0.29) is 5.91 Å². The van der Waals surface area contributed by atoms with Gasteiger partial charge in [-0.15, -0.1) is 0 Å². The Morgan fingerprint density at radius 2 is 2.00 bits per heavy atom. The van der Waals surface area contributed by atoms with Gasteiger partial charge in [-0.1, -0.05) is 18.2 Å². The van der Waals surface area contributed by atoms with E-state index >= 15 is 0 Å². The highest BCUT2D eigenvalue weighted by atomic mass is 32.1. The van der Waals surface area contributed by atoms with E-state index in [1.807, 2.05) is 30.5 Å². The van der Waals surface area contributed by atoms with Gasteiger partial charge in [-0.3, -0.25) is 10.1 Å². The highest BCUT2D eigenvalue weighted by Gasteiger charge is 2.20. The van der Waals surface area contributed by atoms with Crippen LogP contribution < -0.4 is 10.6 Å². The van der Waals surface area contributed by atoms with Gasteiger partial charge in [0, 0.05) is 22.7 Å². The molecule has 0 spiro atoms. The Balaban J connectivity index is 2.08. The first-order chi connectivity index (χ1) is 8.24. The Morgan fingerprint density at radius 1 is 1.18 bits per heavy atom. The van der Waals surface area contributed by atoms with Crippen LogP contribution in [0.5, 0.6) is 0 Å². The second kappa shape index (κ2) is 3.71. The van der Waals surface area contributed by atoms with Crippen molar-refractivity contribution < 1.29 is 4.79 Å². The summed E-state index contributed by atoms with van der Waals surface area (Å²) in [5.41, 5.74) is 2.48. The minimum absolute atomic E-state index is 0.194. The Hall–Kier alpha value is -2.14. The van der Waals surface area contributed by atoms with Crippen LogP contribution in [0, 0.1) is 0 Å². The molecular weight excluding hydrogens is 234 g/mol. The van der Waals surface area contributed by atoms with Gasteiger partial charge in [0.2, 0.25) is 0 Å². The van der Waals surface area contributed by atoms with Gasteiger partial charge in [0.25, 0.3) is 5.91 Å². The lowest BCUT2D eigenvalue weighted by molar-refractivity contribution is -0.115. The molecule has 4 nitrogen and oxygen atoms in total. The summed E-state index contributed by atoms with van der Waals surface area (Å²) >= 11 is 4.87. The first kappa shape index (κ1) is 10.0. The van der Waals surface area contributed by atoms with Crippen LogP contribution in [0.2, 0.25) is 0 Å². The summed E-state index contributed by atoms with van der Waals surface area (Å²) < 4.78 is 0. The number of aromatic nitrogens is 1. The standard InChI is InChI=1S/C12H9N3OS/c16-11-10(14-12(17)15-11)5-7-6-13-9-4-2-1-3-8(7)9/h1-6,13H,(H2,14,15,16,17)/b10-5-. The maximum Gasteiger partial charge on any atom is 0.273 e. The van der Waals surface area contributed by atoms with Crippen LogP contribution in [-0.2, 0) is 4.79 Å². The fraction of sp³-hybridized carbons (Fsp3) is 0. The minimum atomic E-state index is -0.194. The topological polar surface area (TPSA) is 56.9 Å². The summed E-state index contributed by atoms with van der Waals surface area (Å²) in [7, 11) is 0. The first-order valence-electron chi connectivity index (χ1n) is 5.14. The number of carbonyl (C=O) groups excluding carboxylic acids is 1. The lowest BCUT2D eigenvalue weighted by Gasteiger charge is -1.94. The van der Waals surface area contributed by atoms with Crippen LogP contribution in [0.15, 0.2) is 36.2 Å². The van der Waals surface area contributed by atoms with Gasteiger partial charge in [-0.05, 0) is 24.4 Å². The molecule has 2 aromatic rings. The number of H-pyrrole nitrogens is 1. The fourth-order valence-corrected chi connectivity index (χ4v) is 2.05. The second-order valence-corrected chi connectivity index (χ2v) is 4.16. The number of carbonyl (C=O) groups is 1. The van der Waals surface area contributed by atoms with Crippen LogP contribution >= 0.6 is 12.2 Å². The van der Waals surface area contributed by atoms with Crippen molar-refractivity contribution >= 4 is 40.2 Å². The molecule has 3 rings (SSSR count). The molecule has 1 aliphatic heterocycles. The van der Waals surface area contributed by atoms with Crippen molar-refractivity contribution in [3.63, 3.8) is 0 Å². The normalized spacial score (nSPS) is 17.5. The van der Waals surface area contributed by atoms with E-state index in [2.05, 4.69) is 15.6 Å². The third kappa shape index (κ3) is 1.70. The van der Waals surface area contributed by atoms with Crippen LogP contribution in [0.4, 0.5) is 0 Å². The number of hydrogen-bond donors (Lipinski definition) is 3. The lowest BCUT2D eigenvalue weighted by atomic mass is 10.1. The van der Waals surface area contributed by atoms with Gasteiger partial charge in [0.05, 0.1) is 0 Å². The van der Waals surface area contributed by atoms with Gasteiger partial charge < -0.3 is 10.3 Å². The lowest BCUT2D eigenvalue weighted by Crippen LogP contribution is -2.21. The number of rotatable bonds is 1. The highest BCUT2D eigenvalue weighted by molar-refractivity contribution is 7.80. The molecule has 0 aliphatic carbocycles. The van der Waals surface area contributed by atoms with Crippen LogP contribution in [0.3, 0.4) is 0 Å². The number of amides is 1. The van der Waals surface area contributed by atoms with Crippen molar-refractivity contribution in [3.05, 3.63) is 41.7 Å². The molecule has 5 heteroatoms. The molecule has 3 N–H and O–H groups in total. The average molecular weight is 243 g/mol. The van der Waals surface area contributed by atoms with Crippen molar-refractivity contribution in [3.8, 4) is 0 Å². The molecule has 0 unspecified atom stereocenters. The summed E-state index contributed by atoms with van der Waals surface area (Å²) in [5, 5.41) is 6.78. The number of nitrogens with one attached hydrogen (secondary N) is 3. The van der Waals surface area contributed by atoms with Gasteiger partial charge in [0.1, 0.15) is 5.70 Å². The van der Waals surface area contributed by atoms with Crippen molar-refractivity contribution in [2.24, 2.45) is 0 Å². The minimum Gasteiger partial charge on any atom is -0.361 e. The Labute approximate surface area is 103 Å². The molecule has 0 radical (unpaired) electrons. The maximum atomic E-state index is 11.5. The zero-order valence-electron chi connectivity index (χ0n) is 8.78.